The van der Waals surface area contributed by atoms with Crippen molar-refractivity contribution in [3.05, 3.63) is 0 Å². The van der Waals surface area contributed by atoms with Crippen molar-refractivity contribution in [2.75, 3.05) is 0 Å². The highest BCUT2D eigenvalue weighted by atomic mass is 16.6. The molecule has 1 heteroatoms. The molecule has 1 fully saturated rings. The monoisotopic (exact) mass is 100 g/mol. The second kappa shape index (κ2) is 1.22. The van der Waals surface area contributed by atoms with Gasteiger partial charge in [0.2, 0.25) is 0 Å². The van der Waals surface area contributed by atoms with Gasteiger partial charge in [0.15, 0.2) is 0 Å². The topological polar surface area (TPSA) is 12.5 Å². The third-order valence-corrected chi connectivity index (χ3v) is 1.95. The van der Waals surface area contributed by atoms with E-state index in [-0.39, 0.29) is 5.60 Å². The molecule has 1 nitrogen and oxygen atoms in total. The molecule has 0 N–H and O–H groups in total. The SMILES string of the molecule is CC[C@@]1(C)O[C@H]1C. The van der Waals surface area contributed by atoms with Crippen molar-refractivity contribution in [3.8, 4) is 0 Å². The Morgan fingerprint density at radius 3 is 2.14 bits per heavy atom. The first-order valence-corrected chi connectivity index (χ1v) is 2.87. The highest BCUT2D eigenvalue weighted by Crippen LogP contribution is 2.37. The molecule has 0 aromatic carbocycles. The van der Waals surface area contributed by atoms with Crippen molar-refractivity contribution in [1.82, 2.24) is 0 Å². The summed E-state index contributed by atoms with van der Waals surface area (Å²) in [6.45, 7) is 6.42. The fraction of sp³-hybridized carbons (Fsp3) is 1.00. The first-order chi connectivity index (χ1) is 3.19. The quantitative estimate of drug-likeness (QED) is 0.456. The largest absolute Gasteiger partial charge is 0.367 e. The number of epoxide rings is 1. The Bertz CT molecular complexity index is 76.2. The minimum absolute atomic E-state index is 0.250. The van der Waals surface area contributed by atoms with Gasteiger partial charge in [-0.1, -0.05) is 6.92 Å². The van der Waals surface area contributed by atoms with Gasteiger partial charge in [0.1, 0.15) is 0 Å². The average molecular weight is 100 g/mol. The van der Waals surface area contributed by atoms with Gasteiger partial charge in [0, 0.05) is 0 Å². The maximum Gasteiger partial charge on any atom is 0.0915 e. The van der Waals surface area contributed by atoms with Crippen LogP contribution in [0.1, 0.15) is 27.2 Å². The molecule has 0 aromatic rings. The molecule has 0 bridgehead atoms. The van der Waals surface area contributed by atoms with Crippen LogP contribution in [0.2, 0.25) is 0 Å². The molecule has 42 valence electrons. The predicted molar refractivity (Wildman–Crippen MR) is 29.2 cm³/mol. The molecular weight excluding hydrogens is 88.1 g/mol. The summed E-state index contributed by atoms with van der Waals surface area (Å²) in [6, 6.07) is 0. The first kappa shape index (κ1) is 5.10. The number of rotatable bonds is 1. The van der Waals surface area contributed by atoms with Crippen molar-refractivity contribution >= 4 is 0 Å². The van der Waals surface area contributed by atoms with Crippen molar-refractivity contribution in [3.63, 3.8) is 0 Å². The van der Waals surface area contributed by atoms with Crippen LogP contribution >= 0.6 is 0 Å². The van der Waals surface area contributed by atoms with Crippen molar-refractivity contribution in [2.24, 2.45) is 0 Å². The second-order valence-electron chi connectivity index (χ2n) is 2.43. The lowest BCUT2D eigenvalue weighted by Gasteiger charge is -1.94. The van der Waals surface area contributed by atoms with Crippen LogP contribution in [0.3, 0.4) is 0 Å². The van der Waals surface area contributed by atoms with Crippen LogP contribution in [0, 0.1) is 0 Å². The molecule has 1 heterocycles. The van der Waals surface area contributed by atoms with E-state index >= 15 is 0 Å². The third-order valence-electron chi connectivity index (χ3n) is 1.95. The zero-order chi connectivity index (χ0) is 5.49. The van der Waals surface area contributed by atoms with Gasteiger partial charge in [-0.15, -0.1) is 0 Å². The van der Waals surface area contributed by atoms with Crippen molar-refractivity contribution in [1.29, 1.82) is 0 Å². The summed E-state index contributed by atoms with van der Waals surface area (Å²) in [5, 5.41) is 0. The molecule has 0 amide bonds. The maximum atomic E-state index is 5.25. The summed E-state index contributed by atoms with van der Waals surface area (Å²) < 4.78 is 5.25. The molecule has 0 spiro atoms. The van der Waals surface area contributed by atoms with Gasteiger partial charge in [-0.3, -0.25) is 0 Å². The zero-order valence-corrected chi connectivity index (χ0v) is 5.19. The lowest BCUT2D eigenvalue weighted by Crippen LogP contribution is -2.03. The molecule has 1 aliphatic heterocycles. The van der Waals surface area contributed by atoms with Gasteiger partial charge < -0.3 is 4.74 Å². The molecule has 0 unspecified atom stereocenters. The molecule has 1 aliphatic rings. The normalized spacial score (nSPS) is 49.3. The lowest BCUT2D eigenvalue weighted by atomic mass is 10.1. The van der Waals surface area contributed by atoms with E-state index in [1.165, 1.54) is 0 Å². The Labute approximate surface area is 44.7 Å². The Kier molecular flexibility index (Phi) is 0.890. The molecule has 0 aliphatic carbocycles. The number of ether oxygens (including phenoxy) is 1. The second-order valence-corrected chi connectivity index (χ2v) is 2.43. The van der Waals surface area contributed by atoms with Gasteiger partial charge in [0.05, 0.1) is 11.7 Å². The predicted octanol–water partition coefficient (Wildman–Crippen LogP) is 1.57. The first-order valence-electron chi connectivity index (χ1n) is 2.87. The van der Waals surface area contributed by atoms with E-state index in [4.69, 9.17) is 4.74 Å². The molecule has 0 aromatic heterocycles. The van der Waals surface area contributed by atoms with E-state index in [0.29, 0.717) is 6.10 Å². The Hall–Kier alpha value is -0.0400. The molecule has 1 saturated heterocycles. The summed E-state index contributed by atoms with van der Waals surface area (Å²) >= 11 is 0. The fourth-order valence-corrected chi connectivity index (χ4v) is 0.741. The standard InChI is InChI=1S/C6H12O/c1-4-6(3)5(2)7-6/h5H,4H2,1-3H3/t5-,6+/m0/s1. The maximum absolute atomic E-state index is 5.25. The summed E-state index contributed by atoms with van der Waals surface area (Å²) in [6.07, 6.45) is 1.66. The molecule has 0 saturated carbocycles. The molecule has 7 heavy (non-hydrogen) atoms. The van der Waals surface area contributed by atoms with Crippen LogP contribution in [-0.2, 0) is 4.74 Å². The minimum atomic E-state index is 0.250. The van der Waals surface area contributed by atoms with Gasteiger partial charge in [0.25, 0.3) is 0 Å². The Morgan fingerprint density at radius 2 is 2.14 bits per heavy atom. The van der Waals surface area contributed by atoms with Crippen LogP contribution < -0.4 is 0 Å². The summed E-state index contributed by atoms with van der Waals surface area (Å²) in [4.78, 5) is 0. The van der Waals surface area contributed by atoms with E-state index in [0.717, 1.165) is 6.42 Å². The van der Waals surface area contributed by atoms with E-state index in [2.05, 4.69) is 20.8 Å². The summed E-state index contributed by atoms with van der Waals surface area (Å²) in [7, 11) is 0. The van der Waals surface area contributed by atoms with E-state index in [1.54, 1.807) is 0 Å². The van der Waals surface area contributed by atoms with Crippen LogP contribution in [-0.4, -0.2) is 11.7 Å². The van der Waals surface area contributed by atoms with E-state index < -0.39 is 0 Å². The highest BCUT2D eigenvalue weighted by Gasteiger charge is 2.46. The van der Waals surface area contributed by atoms with Crippen molar-refractivity contribution < 1.29 is 4.74 Å². The van der Waals surface area contributed by atoms with Gasteiger partial charge in [-0.2, -0.15) is 0 Å². The third kappa shape index (κ3) is 0.653. The Balaban J connectivity index is 2.36. The summed E-state index contributed by atoms with van der Waals surface area (Å²) in [5.74, 6) is 0. The van der Waals surface area contributed by atoms with Crippen LogP contribution in [0.15, 0.2) is 0 Å². The minimum Gasteiger partial charge on any atom is -0.367 e. The summed E-state index contributed by atoms with van der Waals surface area (Å²) in [5.41, 5.74) is 0.250. The molecular formula is C6H12O. The van der Waals surface area contributed by atoms with Crippen LogP contribution in [0.25, 0.3) is 0 Å². The highest BCUT2D eigenvalue weighted by molar-refractivity contribution is 4.94. The molecule has 2 atom stereocenters. The van der Waals surface area contributed by atoms with Gasteiger partial charge in [-0.05, 0) is 20.3 Å². The molecule has 1 rings (SSSR count). The van der Waals surface area contributed by atoms with E-state index in [1.807, 2.05) is 0 Å². The van der Waals surface area contributed by atoms with Crippen LogP contribution in [0.4, 0.5) is 0 Å². The number of hydrogen-bond donors (Lipinski definition) is 0. The smallest absolute Gasteiger partial charge is 0.0915 e. The zero-order valence-electron chi connectivity index (χ0n) is 5.19. The van der Waals surface area contributed by atoms with Crippen LogP contribution in [0.5, 0.6) is 0 Å². The fourth-order valence-electron chi connectivity index (χ4n) is 0.741. The van der Waals surface area contributed by atoms with Gasteiger partial charge >= 0.3 is 0 Å². The Morgan fingerprint density at radius 1 is 1.71 bits per heavy atom. The van der Waals surface area contributed by atoms with Gasteiger partial charge in [-0.25, -0.2) is 0 Å². The average Bonchev–Trinajstić information content (AvgIpc) is 2.18. The van der Waals surface area contributed by atoms with E-state index in [9.17, 15) is 0 Å². The lowest BCUT2D eigenvalue weighted by molar-refractivity contribution is 0.306. The van der Waals surface area contributed by atoms with Crippen molar-refractivity contribution in [2.45, 2.75) is 38.9 Å². The molecule has 0 radical (unpaired) electrons. The number of hydrogen-bond acceptors (Lipinski definition) is 1.